The molecule has 0 aliphatic heterocycles. The normalized spacial score (nSPS) is 9.95. The summed E-state index contributed by atoms with van der Waals surface area (Å²) in [4.78, 5) is 9.00. The number of nitrogens with two attached hydrogens (primary N) is 2. The van der Waals surface area contributed by atoms with E-state index in [-0.39, 0.29) is 33.0 Å². The molecule has 0 aromatic heterocycles. The Hall–Kier alpha value is -1.01. The molecule has 0 saturated heterocycles. The molecule has 19 heavy (non-hydrogen) atoms. The lowest BCUT2D eigenvalue weighted by Gasteiger charge is -1.96. The molecule has 0 aliphatic rings. The van der Waals surface area contributed by atoms with E-state index in [0.29, 0.717) is 0 Å². The predicted octanol–water partition coefficient (Wildman–Crippen LogP) is -4.31. The lowest BCUT2D eigenvalue weighted by atomic mass is 10.4. The molecule has 0 bridgehead atoms. The Bertz CT molecular complexity index is 149. The lowest BCUT2D eigenvalue weighted by Crippen LogP contribution is -2.18. The number of hydrogen-bond acceptors (Lipinski definition) is 8. The fraction of sp³-hybridized carbons (Fsp3) is 0.889. The highest BCUT2D eigenvalue weighted by molar-refractivity contribution is 5.69. The van der Waals surface area contributed by atoms with Gasteiger partial charge in [0.2, 0.25) is 0 Å². The van der Waals surface area contributed by atoms with Gasteiger partial charge in [-0.25, -0.2) is 4.79 Å². The summed E-state index contributed by atoms with van der Waals surface area (Å²) >= 11 is 0. The highest BCUT2D eigenvalue weighted by atomic mass is 16.3. The average molecular weight is 290 g/mol. The molecule has 0 saturated carbocycles. The van der Waals surface area contributed by atoms with E-state index >= 15 is 0 Å². The fourth-order valence-corrected chi connectivity index (χ4v) is 0.0577. The van der Waals surface area contributed by atoms with Crippen LogP contribution in [-0.4, -0.2) is 87.0 Å². The molecule has 120 valence electrons. The van der Waals surface area contributed by atoms with Crippen LogP contribution in [0, 0.1) is 0 Å². The van der Waals surface area contributed by atoms with Crippen molar-refractivity contribution in [2.45, 2.75) is 19.1 Å². The largest absolute Gasteiger partial charge is 0.394 e. The number of amides is 2. The van der Waals surface area contributed by atoms with Gasteiger partial charge in [0.15, 0.2) is 0 Å². The van der Waals surface area contributed by atoms with E-state index in [1.807, 2.05) is 0 Å². The van der Waals surface area contributed by atoms with Crippen molar-refractivity contribution in [2.75, 3.05) is 33.0 Å². The third-order valence-electron chi connectivity index (χ3n) is 0.786. The zero-order valence-corrected chi connectivity index (χ0v) is 10.9. The van der Waals surface area contributed by atoms with Gasteiger partial charge in [-0.3, -0.25) is 0 Å². The summed E-state index contributed by atoms with van der Waals surface area (Å²) in [6.45, 7) is 0.410. The molecule has 0 aromatic carbocycles. The van der Waals surface area contributed by atoms with Crippen molar-refractivity contribution in [3.8, 4) is 0 Å². The van der Waals surface area contributed by atoms with Gasteiger partial charge >= 0.3 is 6.03 Å². The number of carbonyl (C=O) groups excluding carboxylic acids is 1. The van der Waals surface area contributed by atoms with Crippen molar-refractivity contribution in [1.29, 1.82) is 0 Å². The van der Waals surface area contributed by atoms with Crippen LogP contribution in [0.25, 0.3) is 0 Å². The van der Waals surface area contributed by atoms with Crippen molar-refractivity contribution in [3.05, 3.63) is 0 Å². The third kappa shape index (κ3) is 106. The second-order valence-electron chi connectivity index (χ2n) is 2.90. The summed E-state index contributed by atoms with van der Waals surface area (Å²) in [6, 6.07) is -0.833. The van der Waals surface area contributed by atoms with Crippen LogP contribution in [0.15, 0.2) is 0 Å². The van der Waals surface area contributed by atoms with Gasteiger partial charge in [0.25, 0.3) is 0 Å². The van der Waals surface area contributed by atoms with Crippen molar-refractivity contribution < 1.29 is 40.5 Å². The summed E-state index contributed by atoms with van der Waals surface area (Å²) in [7, 11) is 0. The molecule has 0 heterocycles. The van der Waals surface area contributed by atoms with Crippen molar-refractivity contribution in [2.24, 2.45) is 11.5 Å². The number of urea groups is 1. The first-order valence-electron chi connectivity index (χ1n) is 5.18. The second kappa shape index (κ2) is 25.7. The molecule has 2 amide bonds. The Kier molecular flexibility index (Phi) is 36.0. The summed E-state index contributed by atoms with van der Waals surface area (Å²) in [5.41, 5.74) is 8.50. The number of hydrogen-bond donors (Lipinski definition) is 9. The highest BCUT2D eigenvalue weighted by Gasteiger charge is 1.93. The third-order valence-corrected chi connectivity index (χ3v) is 0.786. The standard InChI is InChI=1S/C3H8O3.C3H8O2.C2H6O2.CH4N2O/c4-1-3(6)2-5;1-3(5)2-4;3-1-2-4;2-1(3)4/h3-6H,1-2H2;3-5H,2H2,1H3;3-4H,1-2H2;(H4,2,3,4). The van der Waals surface area contributed by atoms with E-state index < -0.39 is 18.2 Å². The van der Waals surface area contributed by atoms with Crippen molar-refractivity contribution in [1.82, 2.24) is 0 Å². The molecule has 1 unspecified atom stereocenters. The molecule has 10 heteroatoms. The first kappa shape index (κ1) is 26.5. The Morgan fingerprint density at radius 1 is 0.895 bits per heavy atom. The molecular formula is C9H26N2O8. The van der Waals surface area contributed by atoms with Crippen molar-refractivity contribution >= 4 is 6.03 Å². The Morgan fingerprint density at radius 3 is 1.11 bits per heavy atom. The van der Waals surface area contributed by atoms with Gasteiger partial charge < -0.3 is 47.2 Å². The smallest absolute Gasteiger partial charge is 0.309 e. The quantitative estimate of drug-likeness (QED) is 0.246. The van der Waals surface area contributed by atoms with Gasteiger partial charge in [-0.1, -0.05) is 0 Å². The van der Waals surface area contributed by atoms with E-state index in [1.165, 1.54) is 6.92 Å². The molecule has 0 rings (SSSR count). The second-order valence-corrected chi connectivity index (χ2v) is 2.90. The molecule has 0 aromatic rings. The molecule has 10 nitrogen and oxygen atoms in total. The Morgan fingerprint density at radius 2 is 1.11 bits per heavy atom. The van der Waals surface area contributed by atoms with E-state index in [9.17, 15) is 0 Å². The first-order valence-corrected chi connectivity index (χ1v) is 5.18. The van der Waals surface area contributed by atoms with Crippen LogP contribution in [0.1, 0.15) is 6.92 Å². The molecule has 0 spiro atoms. The van der Waals surface area contributed by atoms with Crippen molar-refractivity contribution in [3.63, 3.8) is 0 Å². The maximum atomic E-state index is 9.00. The lowest BCUT2D eigenvalue weighted by molar-refractivity contribution is 0.0450. The molecule has 11 N–H and O–H groups in total. The fourth-order valence-electron chi connectivity index (χ4n) is 0.0577. The number of aliphatic hydroxyl groups excluding tert-OH is 7. The summed E-state index contributed by atoms with van der Waals surface area (Å²) in [5.74, 6) is 0. The molecule has 0 aliphatic carbocycles. The zero-order valence-electron chi connectivity index (χ0n) is 10.9. The van der Waals surface area contributed by atoms with Gasteiger partial charge in [0.1, 0.15) is 6.10 Å². The van der Waals surface area contributed by atoms with Gasteiger partial charge in [-0.15, -0.1) is 0 Å². The summed E-state index contributed by atoms with van der Waals surface area (Å²) in [6.07, 6.45) is -1.51. The first-order chi connectivity index (χ1) is 8.72. The van der Waals surface area contributed by atoms with Gasteiger partial charge in [0.05, 0.1) is 39.1 Å². The topological polar surface area (TPSA) is 211 Å². The SMILES string of the molecule is CC(O)CO.NC(N)=O.OCC(O)CO.OCCO. The molecule has 1 atom stereocenters. The Balaban J connectivity index is -0.0000000803. The molecule has 0 radical (unpaired) electrons. The zero-order chi connectivity index (χ0) is 16.3. The average Bonchev–Trinajstić information content (AvgIpc) is 2.38. The van der Waals surface area contributed by atoms with E-state index in [1.54, 1.807) is 0 Å². The summed E-state index contributed by atoms with van der Waals surface area (Å²) < 4.78 is 0. The van der Waals surface area contributed by atoms with Crippen LogP contribution in [0.5, 0.6) is 0 Å². The van der Waals surface area contributed by atoms with Crippen LogP contribution in [0.2, 0.25) is 0 Å². The van der Waals surface area contributed by atoms with Crippen LogP contribution >= 0.6 is 0 Å². The van der Waals surface area contributed by atoms with E-state index in [0.717, 1.165) is 0 Å². The van der Waals surface area contributed by atoms with Crippen LogP contribution in [0.3, 0.4) is 0 Å². The maximum Gasteiger partial charge on any atom is 0.309 e. The van der Waals surface area contributed by atoms with Gasteiger partial charge in [0, 0.05) is 0 Å². The molecule has 0 fully saturated rings. The maximum absolute atomic E-state index is 9.00. The van der Waals surface area contributed by atoms with Crippen LogP contribution in [-0.2, 0) is 0 Å². The summed E-state index contributed by atoms with van der Waals surface area (Å²) in [5, 5.41) is 55.3. The minimum atomic E-state index is -0.954. The Labute approximate surface area is 111 Å². The molecular weight excluding hydrogens is 264 g/mol. The minimum absolute atomic E-state index is 0.125. The predicted molar refractivity (Wildman–Crippen MR) is 66.9 cm³/mol. The number of carbonyl (C=O) groups is 1. The minimum Gasteiger partial charge on any atom is -0.394 e. The van der Waals surface area contributed by atoms with Crippen LogP contribution < -0.4 is 11.5 Å². The van der Waals surface area contributed by atoms with Gasteiger partial charge in [-0.2, -0.15) is 0 Å². The highest BCUT2D eigenvalue weighted by Crippen LogP contribution is 1.71. The monoisotopic (exact) mass is 290 g/mol. The van der Waals surface area contributed by atoms with Gasteiger partial charge in [-0.05, 0) is 6.92 Å². The number of rotatable bonds is 4. The number of primary amides is 2. The number of aliphatic hydroxyl groups is 7. The van der Waals surface area contributed by atoms with E-state index in [2.05, 4.69) is 11.5 Å². The van der Waals surface area contributed by atoms with E-state index in [4.69, 9.17) is 40.5 Å². The van der Waals surface area contributed by atoms with Crippen LogP contribution in [0.4, 0.5) is 4.79 Å².